The Morgan fingerprint density at radius 1 is 1.44 bits per heavy atom. The predicted molar refractivity (Wildman–Crippen MR) is 68.5 cm³/mol. The van der Waals surface area contributed by atoms with Gasteiger partial charge in [0.05, 0.1) is 0 Å². The maximum Gasteiger partial charge on any atom is 0.130 e. The third kappa shape index (κ3) is 2.46. The molecular weight excluding hydrogens is 198 g/mol. The van der Waals surface area contributed by atoms with Crippen LogP contribution in [0, 0.1) is 5.92 Å². The van der Waals surface area contributed by atoms with E-state index in [-0.39, 0.29) is 0 Å². The molecule has 1 heterocycles. The average molecular weight is 219 g/mol. The summed E-state index contributed by atoms with van der Waals surface area (Å²) in [6.45, 7) is 2.34. The first-order chi connectivity index (χ1) is 7.66. The molecule has 2 unspecified atom stereocenters. The van der Waals surface area contributed by atoms with Gasteiger partial charge >= 0.3 is 0 Å². The first kappa shape index (κ1) is 11.2. The molecule has 1 saturated carbocycles. The fourth-order valence-corrected chi connectivity index (χ4v) is 2.57. The first-order valence-corrected chi connectivity index (χ1v) is 6.11. The quantitative estimate of drug-likeness (QED) is 0.831. The molecule has 1 aromatic rings. The Labute approximate surface area is 97.7 Å². The number of hydrogen-bond acceptors (Lipinski definition) is 3. The number of rotatable bonds is 2. The molecule has 2 rings (SSSR count). The van der Waals surface area contributed by atoms with Gasteiger partial charge in [0.15, 0.2) is 0 Å². The average Bonchev–Trinajstić information content (AvgIpc) is 2.28. The lowest BCUT2D eigenvalue weighted by atomic mass is 9.86. The number of aromatic nitrogens is 1. The number of nitrogens with two attached hydrogens (primary N) is 1. The van der Waals surface area contributed by atoms with Crippen LogP contribution in [0.25, 0.3) is 0 Å². The Hall–Kier alpha value is -1.25. The smallest absolute Gasteiger partial charge is 0.130 e. The van der Waals surface area contributed by atoms with Gasteiger partial charge in [0.1, 0.15) is 5.82 Å². The van der Waals surface area contributed by atoms with Crippen LogP contribution in [0.5, 0.6) is 0 Å². The fraction of sp³-hybridized carbons (Fsp3) is 0.615. The highest BCUT2D eigenvalue weighted by atomic mass is 15.2. The second-order valence-electron chi connectivity index (χ2n) is 4.98. The van der Waals surface area contributed by atoms with Crippen LogP contribution in [0.2, 0.25) is 0 Å². The van der Waals surface area contributed by atoms with Crippen LogP contribution in [0.4, 0.5) is 11.5 Å². The highest BCUT2D eigenvalue weighted by molar-refractivity contribution is 5.50. The van der Waals surface area contributed by atoms with Crippen LogP contribution in [-0.2, 0) is 0 Å². The largest absolute Gasteiger partial charge is 0.399 e. The van der Waals surface area contributed by atoms with Gasteiger partial charge < -0.3 is 10.6 Å². The predicted octanol–water partition coefficient (Wildman–Crippen LogP) is 2.68. The van der Waals surface area contributed by atoms with Crippen LogP contribution >= 0.6 is 0 Å². The van der Waals surface area contributed by atoms with E-state index in [0.717, 1.165) is 17.4 Å². The number of nitrogens with zero attached hydrogens (tertiary/aromatic N) is 2. The molecule has 2 N–H and O–H groups in total. The summed E-state index contributed by atoms with van der Waals surface area (Å²) in [7, 11) is 2.13. The van der Waals surface area contributed by atoms with E-state index in [1.807, 2.05) is 12.1 Å². The highest BCUT2D eigenvalue weighted by Crippen LogP contribution is 2.29. The van der Waals surface area contributed by atoms with Gasteiger partial charge in [-0.25, -0.2) is 4.98 Å². The van der Waals surface area contributed by atoms with Crippen molar-refractivity contribution < 1.29 is 0 Å². The number of hydrogen-bond donors (Lipinski definition) is 1. The SMILES string of the molecule is CC1CCCC(N(C)c2cc(N)ccn2)C1. The molecule has 0 spiro atoms. The normalized spacial score (nSPS) is 25.4. The Bertz CT molecular complexity index is 351. The summed E-state index contributed by atoms with van der Waals surface area (Å²) in [5.41, 5.74) is 6.58. The topological polar surface area (TPSA) is 42.1 Å². The lowest BCUT2D eigenvalue weighted by Crippen LogP contribution is -2.36. The summed E-state index contributed by atoms with van der Waals surface area (Å²) in [5.74, 6) is 1.83. The van der Waals surface area contributed by atoms with Crippen LogP contribution in [0.1, 0.15) is 32.6 Å². The van der Waals surface area contributed by atoms with Gasteiger partial charge in [0.25, 0.3) is 0 Å². The molecule has 2 atom stereocenters. The first-order valence-electron chi connectivity index (χ1n) is 6.11. The third-order valence-electron chi connectivity index (χ3n) is 3.59. The van der Waals surface area contributed by atoms with E-state index in [2.05, 4.69) is 23.9 Å². The minimum atomic E-state index is 0.623. The molecule has 0 radical (unpaired) electrons. The monoisotopic (exact) mass is 219 g/mol. The van der Waals surface area contributed by atoms with Gasteiger partial charge in [-0.05, 0) is 24.8 Å². The van der Waals surface area contributed by atoms with Crippen molar-refractivity contribution in [3.63, 3.8) is 0 Å². The van der Waals surface area contributed by atoms with E-state index in [1.165, 1.54) is 25.7 Å². The molecule has 1 aromatic heterocycles. The lowest BCUT2D eigenvalue weighted by molar-refractivity contribution is 0.335. The Morgan fingerprint density at radius 2 is 2.25 bits per heavy atom. The molecule has 0 aromatic carbocycles. The summed E-state index contributed by atoms with van der Waals surface area (Å²) < 4.78 is 0. The summed E-state index contributed by atoms with van der Waals surface area (Å²) in [4.78, 5) is 6.67. The van der Waals surface area contributed by atoms with E-state index in [0.29, 0.717) is 6.04 Å². The molecule has 1 aliphatic carbocycles. The highest BCUT2D eigenvalue weighted by Gasteiger charge is 2.23. The van der Waals surface area contributed by atoms with Crippen molar-refractivity contribution in [2.45, 2.75) is 38.6 Å². The van der Waals surface area contributed by atoms with Crippen LogP contribution in [-0.4, -0.2) is 18.1 Å². The zero-order valence-electron chi connectivity index (χ0n) is 10.2. The summed E-state index contributed by atoms with van der Waals surface area (Å²) in [5, 5.41) is 0. The molecule has 1 aliphatic rings. The van der Waals surface area contributed by atoms with Crippen LogP contribution in [0.3, 0.4) is 0 Å². The summed E-state index contributed by atoms with van der Waals surface area (Å²) in [6.07, 6.45) is 7.03. The Balaban J connectivity index is 2.09. The van der Waals surface area contributed by atoms with Crippen molar-refractivity contribution in [2.75, 3.05) is 17.7 Å². The van der Waals surface area contributed by atoms with E-state index in [1.54, 1.807) is 6.20 Å². The number of nitrogen functional groups attached to an aromatic ring is 1. The number of anilines is 2. The number of pyridine rings is 1. The summed E-state index contributed by atoms with van der Waals surface area (Å²) >= 11 is 0. The van der Waals surface area contributed by atoms with Crippen molar-refractivity contribution in [1.82, 2.24) is 4.98 Å². The second-order valence-corrected chi connectivity index (χ2v) is 4.98. The van der Waals surface area contributed by atoms with Crippen molar-refractivity contribution in [3.8, 4) is 0 Å². The van der Waals surface area contributed by atoms with Gasteiger partial charge in [-0.1, -0.05) is 19.8 Å². The Morgan fingerprint density at radius 3 is 2.94 bits per heavy atom. The maximum absolute atomic E-state index is 5.79. The fourth-order valence-electron chi connectivity index (χ4n) is 2.57. The van der Waals surface area contributed by atoms with Crippen molar-refractivity contribution in [3.05, 3.63) is 18.3 Å². The van der Waals surface area contributed by atoms with Gasteiger partial charge in [-0.3, -0.25) is 0 Å². The zero-order chi connectivity index (χ0) is 11.5. The van der Waals surface area contributed by atoms with E-state index >= 15 is 0 Å². The van der Waals surface area contributed by atoms with Crippen molar-refractivity contribution >= 4 is 11.5 Å². The third-order valence-corrected chi connectivity index (χ3v) is 3.59. The van der Waals surface area contributed by atoms with E-state index < -0.39 is 0 Å². The zero-order valence-corrected chi connectivity index (χ0v) is 10.2. The van der Waals surface area contributed by atoms with Crippen molar-refractivity contribution in [2.24, 2.45) is 5.92 Å². The second kappa shape index (κ2) is 4.73. The van der Waals surface area contributed by atoms with Crippen LogP contribution in [0.15, 0.2) is 18.3 Å². The van der Waals surface area contributed by atoms with Crippen molar-refractivity contribution in [1.29, 1.82) is 0 Å². The van der Waals surface area contributed by atoms with Gasteiger partial charge in [0, 0.05) is 31.0 Å². The minimum absolute atomic E-state index is 0.623. The molecule has 0 saturated heterocycles. The lowest BCUT2D eigenvalue weighted by Gasteiger charge is -2.34. The molecule has 0 aliphatic heterocycles. The molecule has 3 nitrogen and oxygen atoms in total. The molecule has 1 fully saturated rings. The Kier molecular flexibility index (Phi) is 3.32. The van der Waals surface area contributed by atoms with Crippen LogP contribution < -0.4 is 10.6 Å². The van der Waals surface area contributed by atoms with Gasteiger partial charge in [-0.15, -0.1) is 0 Å². The summed E-state index contributed by atoms with van der Waals surface area (Å²) in [6, 6.07) is 4.41. The standard InChI is InChI=1S/C13H21N3/c1-10-4-3-5-12(8-10)16(2)13-9-11(14)6-7-15-13/h6-7,9-10,12H,3-5,8H2,1-2H3,(H2,14,15). The molecule has 3 heteroatoms. The molecule has 16 heavy (non-hydrogen) atoms. The van der Waals surface area contributed by atoms with E-state index in [9.17, 15) is 0 Å². The molecular formula is C13H21N3. The molecule has 0 amide bonds. The van der Waals surface area contributed by atoms with Gasteiger partial charge in [-0.2, -0.15) is 0 Å². The minimum Gasteiger partial charge on any atom is -0.399 e. The molecule has 88 valence electrons. The molecule has 0 bridgehead atoms. The van der Waals surface area contributed by atoms with Gasteiger partial charge in [0.2, 0.25) is 0 Å². The maximum atomic E-state index is 5.79. The van der Waals surface area contributed by atoms with E-state index in [4.69, 9.17) is 5.73 Å².